The molecule has 0 saturated carbocycles. The molecule has 0 atom stereocenters. The fraction of sp³-hybridized carbons (Fsp3) is 0.200. The summed E-state index contributed by atoms with van der Waals surface area (Å²) < 4.78 is 0. The zero-order valence-corrected chi connectivity index (χ0v) is 11.2. The molecular formula is C10H9Cl2Zr. The Kier molecular flexibility index (Phi) is 8.32. The molecule has 1 radical (unpaired) electrons. The molecule has 1 aliphatic carbocycles. The van der Waals surface area contributed by atoms with Crippen LogP contribution in [0.3, 0.4) is 0 Å². The van der Waals surface area contributed by atoms with E-state index in [4.69, 9.17) is 0 Å². The maximum Gasteiger partial charge on any atom is 3.00 e. The number of fused-ring (bicyclic) bond motifs is 1. The summed E-state index contributed by atoms with van der Waals surface area (Å²) in [5.74, 6) is 0. The van der Waals surface area contributed by atoms with Gasteiger partial charge in [0.1, 0.15) is 0 Å². The van der Waals surface area contributed by atoms with Gasteiger partial charge in [-0.15, -0.1) is 47.0 Å². The number of benzene rings is 1. The van der Waals surface area contributed by atoms with Gasteiger partial charge in [0.2, 0.25) is 0 Å². The molecule has 1 aromatic carbocycles. The fourth-order valence-corrected chi connectivity index (χ4v) is 1.37. The van der Waals surface area contributed by atoms with Crippen LogP contribution in [0.1, 0.15) is 16.7 Å². The molecule has 0 nitrogen and oxygen atoms in total. The smallest absolute Gasteiger partial charge is 1.00 e. The monoisotopic (exact) mass is 289 g/mol. The summed E-state index contributed by atoms with van der Waals surface area (Å²) >= 11 is 0. The van der Waals surface area contributed by atoms with Crippen molar-refractivity contribution in [1.29, 1.82) is 0 Å². The van der Waals surface area contributed by atoms with Gasteiger partial charge < -0.3 is 24.8 Å². The normalized spacial score (nSPS) is 10.5. The third-order valence-electron chi connectivity index (χ3n) is 1.98. The molecule has 0 unspecified atom stereocenters. The number of rotatable bonds is 0. The number of allylic oxidation sites excluding steroid dienone is 1. The van der Waals surface area contributed by atoms with E-state index in [2.05, 4.69) is 31.2 Å². The molecule has 0 aliphatic heterocycles. The van der Waals surface area contributed by atoms with E-state index in [1.54, 1.807) is 0 Å². The molecule has 0 spiro atoms. The van der Waals surface area contributed by atoms with Gasteiger partial charge in [0.25, 0.3) is 0 Å². The van der Waals surface area contributed by atoms with Gasteiger partial charge in [-0.1, -0.05) is 13.3 Å². The number of hydrogen-bond donors (Lipinski definition) is 0. The molecule has 0 bridgehead atoms. The van der Waals surface area contributed by atoms with Crippen molar-refractivity contribution >= 4 is 6.08 Å². The van der Waals surface area contributed by atoms with E-state index < -0.39 is 0 Å². The van der Waals surface area contributed by atoms with Crippen molar-refractivity contribution in [3.63, 3.8) is 0 Å². The average molecular weight is 291 g/mol. The Hall–Kier alpha value is 0.423. The van der Waals surface area contributed by atoms with Crippen LogP contribution in [0.5, 0.6) is 0 Å². The summed E-state index contributed by atoms with van der Waals surface area (Å²) in [6.45, 7) is 2.15. The Bertz CT molecular complexity index is 295. The van der Waals surface area contributed by atoms with Gasteiger partial charge in [0, 0.05) is 0 Å². The van der Waals surface area contributed by atoms with Gasteiger partial charge in [-0.3, -0.25) is 0 Å². The van der Waals surface area contributed by atoms with Gasteiger partial charge in [-0.25, -0.2) is 0 Å². The number of hydrogen-bond acceptors (Lipinski definition) is 0. The summed E-state index contributed by atoms with van der Waals surface area (Å²) in [5.41, 5.74) is 4.11. The van der Waals surface area contributed by atoms with Crippen molar-refractivity contribution in [2.24, 2.45) is 0 Å². The van der Waals surface area contributed by atoms with Gasteiger partial charge in [-0.05, 0) is 0 Å². The second-order valence-corrected chi connectivity index (χ2v) is 2.66. The van der Waals surface area contributed by atoms with Crippen molar-refractivity contribution in [3.05, 3.63) is 41.0 Å². The van der Waals surface area contributed by atoms with Gasteiger partial charge in [0.15, 0.2) is 0 Å². The maximum absolute atomic E-state index is 3.20. The van der Waals surface area contributed by atoms with Crippen LogP contribution in [-0.4, -0.2) is 0 Å². The molecular weight excluding hydrogens is 282 g/mol. The summed E-state index contributed by atoms with van der Waals surface area (Å²) in [5, 5.41) is 0. The quantitative estimate of drug-likeness (QED) is 0.433. The first-order valence-corrected chi connectivity index (χ1v) is 3.54. The summed E-state index contributed by atoms with van der Waals surface area (Å²) in [4.78, 5) is 0. The summed E-state index contributed by atoms with van der Waals surface area (Å²) in [6, 6.07) is 7.31. The molecule has 1 aromatic rings. The number of aryl methyl sites for hydroxylation is 1. The largest absolute Gasteiger partial charge is 3.00 e. The molecule has 1 aliphatic rings. The van der Waals surface area contributed by atoms with Crippen LogP contribution in [0.15, 0.2) is 18.2 Å². The second kappa shape index (κ2) is 6.81. The Morgan fingerprint density at radius 1 is 1.31 bits per heavy atom. The van der Waals surface area contributed by atoms with Crippen molar-refractivity contribution in [1.82, 2.24) is 0 Å². The molecule has 3 heteroatoms. The first-order chi connectivity index (χ1) is 4.88. The van der Waals surface area contributed by atoms with E-state index in [0.717, 1.165) is 6.42 Å². The Balaban J connectivity index is 0. The molecule has 67 valence electrons. The summed E-state index contributed by atoms with van der Waals surface area (Å²) in [6.07, 6.45) is 5.43. The first kappa shape index (κ1) is 15.9. The van der Waals surface area contributed by atoms with Gasteiger partial charge in [0.05, 0.1) is 0 Å². The van der Waals surface area contributed by atoms with E-state index in [9.17, 15) is 0 Å². The minimum atomic E-state index is 0. The minimum Gasteiger partial charge on any atom is -1.00 e. The van der Waals surface area contributed by atoms with Crippen LogP contribution < -0.4 is 24.8 Å². The van der Waals surface area contributed by atoms with Gasteiger partial charge >= 0.3 is 26.2 Å². The van der Waals surface area contributed by atoms with E-state index in [-0.39, 0.29) is 51.0 Å². The first-order valence-electron chi connectivity index (χ1n) is 3.54. The van der Waals surface area contributed by atoms with Crippen LogP contribution >= 0.6 is 0 Å². The molecule has 0 N–H and O–H groups in total. The SMILES string of the molecule is Cc1cc[c-]c2c1CC=C2.[Cl-].[Cl-].[Zr+3]. The predicted octanol–water partition coefficient (Wildman–Crippen LogP) is -3.63. The minimum absolute atomic E-state index is 0. The molecule has 0 aromatic heterocycles. The standard InChI is InChI=1S/C10H9.2ClH.Zr/c1-8-4-2-5-9-6-3-7-10(8)9;;;/h2-4,6H,7H2,1H3;2*1H;/q-1;;;+3/p-2. The van der Waals surface area contributed by atoms with Crippen molar-refractivity contribution in [2.75, 3.05) is 0 Å². The van der Waals surface area contributed by atoms with Crippen LogP contribution in [0.4, 0.5) is 0 Å². The van der Waals surface area contributed by atoms with E-state index in [1.807, 2.05) is 6.07 Å². The van der Waals surface area contributed by atoms with Crippen LogP contribution in [0.2, 0.25) is 0 Å². The second-order valence-electron chi connectivity index (χ2n) is 2.66. The molecule has 0 saturated heterocycles. The van der Waals surface area contributed by atoms with E-state index in [0.29, 0.717) is 0 Å². The topological polar surface area (TPSA) is 0 Å². The van der Waals surface area contributed by atoms with Gasteiger partial charge in [-0.2, -0.15) is 0 Å². The van der Waals surface area contributed by atoms with Crippen LogP contribution in [-0.2, 0) is 32.6 Å². The zero-order chi connectivity index (χ0) is 6.97. The third-order valence-corrected chi connectivity index (χ3v) is 1.98. The average Bonchev–Trinajstić information content (AvgIpc) is 2.36. The molecule has 0 fully saturated rings. The maximum atomic E-state index is 3.20. The predicted molar refractivity (Wildman–Crippen MR) is 42.8 cm³/mol. The zero-order valence-electron chi connectivity index (χ0n) is 7.27. The van der Waals surface area contributed by atoms with Crippen LogP contribution in [0, 0.1) is 13.0 Å². The van der Waals surface area contributed by atoms with Crippen molar-refractivity contribution in [2.45, 2.75) is 13.3 Å². The molecule has 13 heavy (non-hydrogen) atoms. The van der Waals surface area contributed by atoms with Crippen LogP contribution in [0.25, 0.3) is 6.08 Å². The van der Waals surface area contributed by atoms with Crippen molar-refractivity contribution in [3.8, 4) is 0 Å². The van der Waals surface area contributed by atoms with Crippen molar-refractivity contribution < 1.29 is 51.0 Å². The van der Waals surface area contributed by atoms with E-state index >= 15 is 0 Å². The van der Waals surface area contributed by atoms with E-state index in [1.165, 1.54) is 16.7 Å². The fourth-order valence-electron chi connectivity index (χ4n) is 1.37. The Morgan fingerprint density at radius 3 is 2.62 bits per heavy atom. The number of halogens is 2. The Morgan fingerprint density at radius 2 is 2.00 bits per heavy atom. The summed E-state index contributed by atoms with van der Waals surface area (Å²) in [7, 11) is 0. The Labute approximate surface area is 111 Å². The molecule has 0 heterocycles. The third kappa shape index (κ3) is 3.24. The molecule has 2 rings (SSSR count). The molecule has 0 amide bonds.